The van der Waals surface area contributed by atoms with Gasteiger partial charge in [0.25, 0.3) is 0 Å². The number of halogens is 1. The SMILES string of the molecule is COc1ccc(C(=O)COC(=O)c2cc(-c3ccc(C)cc3)nc3ccc(Cl)cc23)cc1. The van der Waals surface area contributed by atoms with Crippen LogP contribution in [0.2, 0.25) is 5.02 Å². The minimum atomic E-state index is -0.616. The average molecular weight is 446 g/mol. The molecule has 0 amide bonds. The molecule has 0 N–H and O–H groups in total. The second kappa shape index (κ2) is 9.20. The van der Waals surface area contributed by atoms with Gasteiger partial charge in [-0.3, -0.25) is 4.79 Å². The molecule has 0 fully saturated rings. The van der Waals surface area contributed by atoms with E-state index >= 15 is 0 Å². The van der Waals surface area contributed by atoms with Crippen LogP contribution < -0.4 is 4.74 Å². The largest absolute Gasteiger partial charge is 0.497 e. The molecule has 0 spiro atoms. The summed E-state index contributed by atoms with van der Waals surface area (Å²) < 4.78 is 10.5. The average Bonchev–Trinajstić information content (AvgIpc) is 2.82. The first-order valence-corrected chi connectivity index (χ1v) is 10.3. The van der Waals surface area contributed by atoms with Crippen molar-refractivity contribution >= 4 is 34.3 Å². The molecule has 1 aromatic heterocycles. The Hall–Kier alpha value is -3.70. The fourth-order valence-corrected chi connectivity index (χ4v) is 3.48. The van der Waals surface area contributed by atoms with Crippen molar-refractivity contribution < 1.29 is 19.1 Å². The first-order valence-electron chi connectivity index (χ1n) is 9.96. The number of carbonyl (C=O) groups excluding carboxylic acids is 2. The summed E-state index contributed by atoms with van der Waals surface area (Å²) in [5.41, 5.74) is 3.97. The molecular formula is C26H20ClNO4. The van der Waals surface area contributed by atoms with Gasteiger partial charge in [0.2, 0.25) is 0 Å². The molecular weight excluding hydrogens is 426 g/mol. The summed E-state index contributed by atoms with van der Waals surface area (Å²) in [6.07, 6.45) is 0. The highest BCUT2D eigenvalue weighted by molar-refractivity contribution is 6.31. The first-order chi connectivity index (χ1) is 15.4. The molecule has 0 unspecified atom stereocenters. The number of benzene rings is 3. The third-order valence-electron chi connectivity index (χ3n) is 5.08. The van der Waals surface area contributed by atoms with Crippen molar-refractivity contribution in [1.82, 2.24) is 4.98 Å². The van der Waals surface area contributed by atoms with Crippen molar-refractivity contribution in [2.75, 3.05) is 13.7 Å². The Morgan fingerprint density at radius 3 is 2.34 bits per heavy atom. The van der Waals surface area contributed by atoms with Crippen molar-refractivity contribution in [3.8, 4) is 17.0 Å². The van der Waals surface area contributed by atoms with Gasteiger partial charge in [0.05, 0.1) is 23.9 Å². The number of pyridine rings is 1. The molecule has 0 saturated heterocycles. The van der Waals surface area contributed by atoms with Crippen LogP contribution in [0.25, 0.3) is 22.2 Å². The zero-order valence-electron chi connectivity index (χ0n) is 17.6. The molecule has 0 saturated carbocycles. The van der Waals surface area contributed by atoms with Crippen LogP contribution in [0.1, 0.15) is 26.3 Å². The van der Waals surface area contributed by atoms with Gasteiger partial charge in [0, 0.05) is 21.5 Å². The number of ether oxygens (including phenoxy) is 2. The van der Waals surface area contributed by atoms with Gasteiger partial charge in [-0.2, -0.15) is 0 Å². The summed E-state index contributed by atoms with van der Waals surface area (Å²) in [5.74, 6) is -0.284. The van der Waals surface area contributed by atoms with Crippen LogP contribution in [-0.2, 0) is 4.74 Å². The number of aryl methyl sites for hydroxylation is 1. The second-order valence-corrected chi connectivity index (χ2v) is 7.75. The Morgan fingerprint density at radius 2 is 1.66 bits per heavy atom. The zero-order chi connectivity index (χ0) is 22.7. The summed E-state index contributed by atoms with van der Waals surface area (Å²) >= 11 is 6.16. The molecule has 5 nitrogen and oxygen atoms in total. The number of carbonyl (C=O) groups is 2. The van der Waals surface area contributed by atoms with E-state index in [2.05, 4.69) is 4.98 Å². The van der Waals surface area contributed by atoms with Crippen LogP contribution in [0.3, 0.4) is 0 Å². The molecule has 4 aromatic rings. The molecule has 6 heteroatoms. The highest BCUT2D eigenvalue weighted by Crippen LogP contribution is 2.28. The van der Waals surface area contributed by atoms with E-state index in [4.69, 9.17) is 21.1 Å². The number of Topliss-reactive ketones (excluding diaryl/α,β-unsaturated/α-hetero) is 1. The number of rotatable bonds is 6. The molecule has 32 heavy (non-hydrogen) atoms. The van der Waals surface area contributed by atoms with Crippen LogP contribution in [0.15, 0.2) is 72.8 Å². The minimum Gasteiger partial charge on any atom is -0.497 e. The van der Waals surface area contributed by atoms with Crippen molar-refractivity contribution in [2.45, 2.75) is 6.92 Å². The second-order valence-electron chi connectivity index (χ2n) is 7.31. The number of fused-ring (bicyclic) bond motifs is 1. The highest BCUT2D eigenvalue weighted by atomic mass is 35.5. The van der Waals surface area contributed by atoms with E-state index in [9.17, 15) is 9.59 Å². The van der Waals surface area contributed by atoms with Gasteiger partial charge in [-0.1, -0.05) is 41.4 Å². The number of hydrogen-bond acceptors (Lipinski definition) is 5. The Labute approximate surface area is 190 Å². The third-order valence-corrected chi connectivity index (χ3v) is 5.32. The number of hydrogen-bond donors (Lipinski definition) is 0. The van der Waals surface area contributed by atoms with E-state index < -0.39 is 5.97 Å². The van der Waals surface area contributed by atoms with Gasteiger partial charge in [-0.05, 0) is 55.5 Å². The lowest BCUT2D eigenvalue weighted by Gasteiger charge is -2.11. The van der Waals surface area contributed by atoms with Gasteiger partial charge in [0.15, 0.2) is 12.4 Å². The summed E-state index contributed by atoms with van der Waals surface area (Å²) in [6.45, 7) is 1.62. The summed E-state index contributed by atoms with van der Waals surface area (Å²) in [4.78, 5) is 30.1. The predicted molar refractivity (Wildman–Crippen MR) is 125 cm³/mol. The summed E-state index contributed by atoms with van der Waals surface area (Å²) in [6, 6.07) is 21.3. The standard InChI is InChI=1S/C26H20ClNO4/c1-16-3-5-17(6-4-16)24-14-22(21-13-19(27)9-12-23(21)28-24)26(30)32-15-25(29)18-7-10-20(31-2)11-8-18/h3-14H,15H2,1-2H3. The fourth-order valence-electron chi connectivity index (χ4n) is 3.31. The first kappa shape index (κ1) is 21.5. The minimum absolute atomic E-state index is 0.301. The van der Waals surface area contributed by atoms with Crippen LogP contribution in [0, 0.1) is 6.92 Å². The molecule has 1 heterocycles. The summed E-state index contributed by atoms with van der Waals surface area (Å²) in [5, 5.41) is 1.04. The quantitative estimate of drug-likeness (QED) is 0.272. The van der Waals surface area contributed by atoms with E-state index in [1.807, 2.05) is 31.2 Å². The maximum atomic E-state index is 13.0. The molecule has 0 radical (unpaired) electrons. The lowest BCUT2D eigenvalue weighted by atomic mass is 10.0. The van der Waals surface area contributed by atoms with Gasteiger partial charge >= 0.3 is 5.97 Å². The molecule has 160 valence electrons. The smallest absolute Gasteiger partial charge is 0.339 e. The number of nitrogens with zero attached hydrogens (tertiary/aromatic N) is 1. The van der Waals surface area contributed by atoms with Gasteiger partial charge in [-0.25, -0.2) is 9.78 Å². The molecule has 3 aromatic carbocycles. The lowest BCUT2D eigenvalue weighted by molar-refractivity contribution is 0.0476. The molecule has 0 atom stereocenters. The monoisotopic (exact) mass is 445 g/mol. The fraction of sp³-hybridized carbons (Fsp3) is 0.115. The molecule has 4 rings (SSSR count). The highest BCUT2D eigenvalue weighted by Gasteiger charge is 2.18. The number of esters is 1. The Morgan fingerprint density at radius 1 is 0.938 bits per heavy atom. The van der Waals surface area contributed by atoms with Crippen LogP contribution >= 0.6 is 11.6 Å². The van der Waals surface area contributed by atoms with E-state index in [1.54, 1.807) is 55.6 Å². The molecule has 0 bridgehead atoms. The molecule has 0 aliphatic rings. The number of methoxy groups -OCH3 is 1. The van der Waals surface area contributed by atoms with E-state index in [0.717, 1.165) is 11.1 Å². The number of aromatic nitrogens is 1. The Balaban J connectivity index is 1.63. The summed E-state index contributed by atoms with van der Waals surface area (Å²) in [7, 11) is 1.55. The van der Waals surface area contributed by atoms with E-state index in [1.165, 1.54) is 0 Å². The van der Waals surface area contributed by atoms with E-state index in [0.29, 0.717) is 38.5 Å². The maximum absolute atomic E-state index is 13.0. The van der Waals surface area contributed by atoms with Crippen LogP contribution in [0.5, 0.6) is 5.75 Å². The van der Waals surface area contributed by atoms with Gasteiger partial charge in [0.1, 0.15) is 5.75 Å². The lowest BCUT2D eigenvalue weighted by Crippen LogP contribution is -2.15. The zero-order valence-corrected chi connectivity index (χ0v) is 18.3. The van der Waals surface area contributed by atoms with Crippen molar-refractivity contribution in [3.63, 3.8) is 0 Å². The van der Waals surface area contributed by atoms with Crippen molar-refractivity contribution in [2.24, 2.45) is 0 Å². The number of ketones is 1. The molecule has 0 aliphatic carbocycles. The topological polar surface area (TPSA) is 65.5 Å². The van der Waals surface area contributed by atoms with Crippen molar-refractivity contribution in [1.29, 1.82) is 0 Å². The Kier molecular flexibility index (Phi) is 6.19. The van der Waals surface area contributed by atoms with E-state index in [-0.39, 0.29) is 12.4 Å². The normalized spacial score (nSPS) is 10.7. The molecule has 0 aliphatic heterocycles. The van der Waals surface area contributed by atoms with Crippen molar-refractivity contribution in [3.05, 3.63) is 94.5 Å². The van der Waals surface area contributed by atoms with Gasteiger partial charge in [-0.15, -0.1) is 0 Å². The Bertz CT molecular complexity index is 1300. The third kappa shape index (κ3) is 4.63. The van der Waals surface area contributed by atoms with Crippen LogP contribution in [-0.4, -0.2) is 30.5 Å². The predicted octanol–water partition coefficient (Wildman–Crippen LogP) is 5.91. The maximum Gasteiger partial charge on any atom is 0.339 e. The van der Waals surface area contributed by atoms with Crippen LogP contribution in [0.4, 0.5) is 0 Å². The van der Waals surface area contributed by atoms with Gasteiger partial charge < -0.3 is 9.47 Å².